The fraction of sp³-hybridized carbons (Fsp3) is 0.120. The molecule has 1 aliphatic rings. The predicted molar refractivity (Wildman–Crippen MR) is 133 cm³/mol. The summed E-state index contributed by atoms with van der Waals surface area (Å²) in [4.78, 5) is 6.52. The highest BCUT2D eigenvalue weighted by Gasteiger charge is 2.42. The van der Waals surface area contributed by atoms with Crippen LogP contribution in [-0.4, -0.2) is 14.7 Å². The van der Waals surface area contributed by atoms with Gasteiger partial charge in [-0.05, 0) is 78.9 Å². The second kappa shape index (κ2) is 8.88. The van der Waals surface area contributed by atoms with Gasteiger partial charge in [-0.15, -0.1) is 0 Å². The van der Waals surface area contributed by atoms with Gasteiger partial charge in [0.2, 0.25) is 0 Å². The van der Waals surface area contributed by atoms with Gasteiger partial charge in [0.25, 0.3) is 0 Å². The summed E-state index contributed by atoms with van der Waals surface area (Å²) < 4.78 is 42.9. The Kier molecular flexibility index (Phi) is 5.91. The Balaban J connectivity index is 1.66. The summed E-state index contributed by atoms with van der Waals surface area (Å²) in [6.07, 6.45) is -0.952. The Labute approximate surface area is 208 Å². The Hall–Kier alpha value is -3.17. The van der Waals surface area contributed by atoms with E-state index in [1.807, 2.05) is 59.5 Å². The van der Waals surface area contributed by atoms with E-state index < -0.39 is 11.7 Å². The van der Waals surface area contributed by atoms with E-state index in [1.54, 1.807) is 23.0 Å². The van der Waals surface area contributed by atoms with Gasteiger partial charge in [0.15, 0.2) is 5.11 Å². The Morgan fingerprint density at radius 1 is 0.912 bits per heavy atom. The highest BCUT2D eigenvalue weighted by molar-refractivity contribution is 9.10. The van der Waals surface area contributed by atoms with Crippen LogP contribution in [0.3, 0.4) is 0 Å². The number of nitrogens with one attached hydrogen (secondary N) is 1. The second-order valence-corrected chi connectivity index (χ2v) is 9.13. The summed E-state index contributed by atoms with van der Waals surface area (Å²) in [5.41, 5.74) is 2.15. The van der Waals surface area contributed by atoms with Gasteiger partial charge in [0.1, 0.15) is 6.04 Å². The van der Waals surface area contributed by atoms with Crippen LogP contribution in [0.1, 0.15) is 29.0 Å². The minimum Gasteiger partial charge on any atom is -0.351 e. The van der Waals surface area contributed by atoms with Gasteiger partial charge in [-0.3, -0.25) is 4.98 Å². The van der Waals surface area contributed by atoms with Crippen molar-refractivity contribution in [1.82, 2.24) is 14.9 Å². The van der Waals surface area contributed by atoms with E-state index in [0.29, 0.717) is 10.8 Å². The van der Waals surface area contributed by atoms with Crippen molar-refractivity contribution in [3.63, 3.8) is 0 Å². The third kappa shape index (κ3) is 4.21. The summed E-state index contributed by atoms with van der Waals surface area (Å²) in [7, 11) is 0. The molecule has 5 rings (SSSR count). The standard InChI is InChI=1S/C25H18BrF3N4S/c26-17-9-11-18(12-10-17)33-23(22(31-24(33)34)20-7-1-2-13-30-20)21-8-4-14-32(21)19-6-3-5-16(15-19)25(27,28)29/h1-15,22-23H,(H,31,34)/t22-,23+/m1/s1. The minimum absolute atomic E-state index is 0.309. The van der Waals surface area contributed by atoms with Crippen LogP contribution in [0.4, 0.5) is 18.9 Å². The summed E-state index contributed by atoms with van der Waals surface area (Å²) in [5, 5.41) is 3.89. The number of aromatic nitrogens is 2. The molecule has 2 aromatic heterocycles. The Morgan fingerprint density at radius 3 is 2.41 bits per heavy atom. The van der Waals surface area contributed by atoms with Gasteiger partial charge in [-0.1, -0.05) is 28.1 Å². The first-order valence-electron chi connectivity index (χ1n) is 10.4. The number of hydrogen-bond acceptors (Lipinski definition) is 2. The average molecular weight is 543 g/mol. The van der Waals surface area contributed by atoms with Gasteiger partial charge in [-0.2, -0.15) is 13.2 Å². The first kappa shape index (κ1) is 22.6. The van der Waals surface area contributed by atoms with Gasteiger partial charge in [-0.25, -0.2) is 0 Å². The molecule has 0 aliphatic carbocycles. The number of alkyl halides is 3. The van der Waals surface area contributed by atoms with Crippen LogP contribution in [0.5, 0.6) is 0 Å². The Bertz CT molecular complexity index is 1320. The van der Waals surface area contributed by atoms with Crippen LogP contribution in [0.25, 0.3) is 5.69 Å². The zero-order valence-corrected chi connectivity index (χ0v) is 20.0. The van der Waals surface area contributed by atoms with Crippen molar-refractivity contribution < 1.29 is 13.2 Å². The molecule has 0 amide bonds. The monoisotopic (exact) mass is 542 g/mol. The number of halogens is 4. The Morgan fingerprint density at radius 2 is 1.71 bits per heavy atom. The number of hydrogen-bond donors (Lipinski definition) is 1. The molecule has 0 spiro atoms. The third-order valence-electron chi connectivity index (χ3n) is 5.74. The molecule has 2 aromatic carbocycles. The van der Waals surface area contributed by atoms with E-state index in [-0.39, 0.29) is 12.1 Å². The third-order valence-corrected chi connectivity index (χ3v) is 6.58. The molecule has 0 saturated carbocycles. The minimum atomic E-state index is -4.43. The largest absolute Gasteiger partial charge is 0.416 e. The lowest BCUT2D eigenvalue weighted by molar-refractivity contribution is -0.137. The maximum absolute atomic E-state index is 13.4. The van der Waals surface area contributed by atoms with Gasteiger partial charge in [0, 0.05) is 33.9 Å². The summed E-state index contributed by atoms with van der Waals surface area (Å²) in [6, 6.07) is 21.8. The van der Waals surface area contributed by atoms with E-state index >= 15 is 0 Å². The molecular weight excluding hydrogens is 525 g/mol. The average Bonchev–Trinajstić information content (AvgIpc) is 3.44. The molecule has 4 nitrogen and oxygen atoms in total. The smallest absolute Gasteiger partial charge is 0.351 e. The molecule has 4 aromatic rings. The quantitative estimate of drug-likeness (QED) is 0.286. The molecule has 1 fully saturated rings. The number of pyridine rings is 1. The fourth-order valence-corrected chi connectivity index (χ4v) is 4.85. The van der Waals surface area contributed by atoms with Gasteiger partial charge in [0.05, 0.1) is 17.3 Å². The van der Waals surface area contributed by atoms with E-state index in [1.165, 1.54) is 6.07 Å². The lowest BCUT2D eigenvalue weighted by Crippen LogP contribution is -2.30. The van der Waals surface area contributed by atoms with E-state index in [9.17, 15) is 13.2 Å². The van der Waals surface area contributed by atoms with Crippen LogP contribution in [0.2, 0.25) is 0 Å². The van der Waals surface area contributed by atoms with Crippen molar-refractivity contribution in [3.05, 3.63) is 113 Å². The molecule has 172 valence electrons. The molecule has 0 bridgehead atoms. The van der Waals surface area contributed by atoms with Gasteiger partial charge >= 0.3 is 6.18 Å². The van der Waals surface area contributed by atoms with Crippen molar-refractivity contribution in [2.45, 2.75) is 18.3 Å². The number of nitrogens with zero attached hydrogens (tertiary/aromatic N) is 3. The first-order valence-corrected chi connectivity index (χ1v) is 11.6. The molecular formula is C25H18BrF3N4S. The number of anilines is 1. The fourth-order valence-electron chi connectivity index (χ4n) is 4.24. The van der Waals surface area contributed by atoms with Crippen molar-refractivity contribution in [2.75, 3.05) is 4.90 Å². The van der Waals surface area contributed by atoms with E-state index in [4.69, 9.17) is 12.2 Å². The molecule has 1 saturated heterocycles. The summed E-state index contributed by atoms with van der Waals surface area (Å²) >= 11 is 9.19. The first-order chi connectivity index (χ1) is 16.3. The molecule has 2 atom stereocenters. The van der Waals surface area contributed by atoms with E-state index in [0.717, 1.165) is 33.7 Å². The molecule has 1 N–H and O–H groups in total. The number of thiocarbonyl (C=S) groups is 1. The van der Waals surface area contributed by atoms with Crippen molar-refractivity contribution in [1.29, 1.82) is 0 Å². The summed E-state index contributed by atoms with van der Waals surface area (Å²) in [5.74, 6) is 0. The van der Waals surface area contributed by atoms with Crippen LogP contribution in [-0.2, 0) is 6.18 Å². The molecule has 1 aliphatic heterocycles. The SMILES string of the molecule is FC(F)(F)c1cccc(-n2cccc2[C@H]2[C@@H](c3ccccn3)NC(=S)N2c2ccc(Br)cc2)c1. The lowest BCUT2D eigenvalue weighted by atomic mass is 10.0. The van der Waals surface area contributed by atoms with Crippen LogP contribution < -0.4 is 10.2 Å². The topological polar surface area (TPSA) is 33.1 Å². The molecule has 34 heavy (non-hydrogen) atoms. The lowest BCUT2D eigenvalue weighted by Gasteiger charge is -2.29. The van der Waals surface area contributed by atoms with Crippen molar-refractivity contribution >= 4 is 38.9 Å². The maximum atomic E-state index is 13.4. The van der Waals surface area contributed by atoms with Gasteiger partial charge < -0.3 is 14.8 Å². The van der Waals surface area contributed by atoms with Crippen molar-refractivity contribution in [2.24, 2.45) is 0 Å². The zero-order chi connectivity index (χ0) is 23.9. The summed E-state index contributed by atoms with van der Waals surface area (Å²) in [6.45, 7) is 0. The highest BCUT2D eigenvalue weighted by atomic mass is 79.9. The predicted octanol–water partition coefficient (Wildman–Crippen LogP) is 6.83. The highest BCUT2D eigenvalue weighted by Crippen LogP contribution is 2.42. The molecule has 9 heteroatoms. The van der Waals surface area contributed by atoms with Crippen LogP contribution in [0.15, 0.2) is 95.7 Å². The number of benzene rings is 2. The zero-order valence-electron chi connectivity index (χ0n) is 17.6. The van der Waals surface area contributed by atoms with E-state index in [2.05, 4.69) is 26.2 Å². The second-order valence-electron chi connectivity index (χ2n) is 7.82. The van der Waals surface area contributed by atoms with Crippen LogP contribution >= 0.6 is 28.1 Å². The molecule has 0 radical (unpaired) electrons. The molecule has 0 unspecified atom stereocenters. The molecule has 3 heterocycles. The normalized spacial score (nSPS) is 18.2. The van der Waals surface area contributed by atoms with Crippen molar-refractivity contribution in [3.8, 4) is 5.69 Å². The maximum Gasteiger partial charge on any atom is 0.416 e. The van der Waals surface area contributed by atoms with Crippen LogP contribution in [0, 0.1) is 0 Å². The number of rotatable bonds is 4.